The molecule has 2 heteroatoms. The van der Waals surface area contributed by atoms with Gasteiger partial charge in [0, 0.05) is 23.2 Å². The standard InChI is InChI=1S/C16H16N2/c1-16(2,3)13-9-12-7-6-11-5-4-8-17-14(11)15(12)18-10-13/h4-10H,1-3H3. The van der Waals surface area contributed by atoms with Crippen molar-refractivity contribution in [2.75, 3.05) is 0 Å². The van der Waals surface area contributed by atoms with Crippen molar-refractivity contribution in [2.45, 2.75) is 26.2 Å². The SMILES string of the molecule is CC(C)(C)c1cnc2c(ccc3cccnc32)c1. The minimum Gasteiger partial charge on any atom is -0.254 e. The first-order valence-corrected chi connectivity index (χ1v) is 6.20. The van der Waals surface area contributed by atoms with E-state index in [1.165, 1.54) is 5.56 Å². The van der Waals surface area contributed by atoms with Gasteiger partial charge in [-0.1, -0.05) is 39.0 Å². The molecule has 0 aliphatic rings. The van der Waals surface area contributed by atoms with Crippen LogP contribution in [0.5, 0.6) is 0 Å². The smallest absolute Gasteiger partial charge is 0.0964 e. The van der Waals surface area contributed by atoms with E-state index in [1.807, 2.05) is 18.5 Å². The average molecular weight is 236 g/mol. The van der Waals surface area contributed by atoms with Crippen LogP contribution < -0.4 is 0 Å². The van der Waals surface area contributed by atoms with Gasteiger partial charge >= 0.3 is 0 Å². The molecule has 0 atom stereocenters. The Morgan fingerprint density at radius 2 is 1.61 bits per heavy atom. The Bertz CT molecular complexity index is 724. The molecule has 1 aromatic carbocycles. The van der Waals surface area contributed by atoms with Crippen LogP contribution in [0.4, 0.5) is 0 Å². The number of benzene rings is 1. The Morgan fingerprint density at radius 1 is 0.889 bits per heavy atom. The topological polar surface area (TPSA) is 25.8 Å². The van der Waals surface area contributed by atoms with Crippen LogP contribution in [0.25, 0.3) is 21.8 Å². The highest BCUT2D eigenvalue weighted by Crippen LogP contribution is 2.27. The normalized spacial score (nSPS) is 12.2. The first-order chi connectivity index (χ1) is 8.55. The molecule has 2 nitrogen and oxygen atoms in total. The highest BCUT2D eigenvalue weighted by Gasteiger charge is 2.15. The molecule has 0 amide bonds. The van der Waals surface area contributed by atoms with Crippen LogP contribution in [-0.2, 0) is 5.41 Å². The predicted octanol–water partition coefficient (Wildman–Crippen LogP) is 4.08. The Hall–Kier alpha value is -1.96. The van der Waals surface area contributed by atoms with Gasteiger partial charge in [0.05, 0.1) is 11.0 Å². The van der Waals surface area contributed by atoms with Crippen molar-refractivity contribution >= 4 is 21.8 Å². The lowest BCUT2D eigenvalue weighted by molar-refractivity contribution is 0.589. The van der Waals surface area contributed by atoms with Crippen LogP contribution in [-0.4, -0.2) is 9.97 Å². The number of hydrogen-bond donors (Lipinski definition) is 0. The van der Waals surface area contributed by atoms with E-state index < -0.39 is 0 Å². The first kappa shape index (κ1) is 11.1. The molecule has 18 heavy (non-hydrogen) atoms. The highest BCUT2D eigenvalue weighted by molar-refractivity contribution is 6.02. The third-order valence-electron chi connectivity index (χ3n) is 3.29. The van der Waals surface area contributed by atoms with Gasteiger partial charge in [0.15, 0.2) is 0 Å². The highest BCUT2D eigenvalue weighted by atomic mass is 14.7. The van der Waals surface area contributed by atoms with Gasteiger partial charge in [-0.05, 0) is 23.1 Å². The number of hydrogen-bond acceptors (Lipinski definition) is 2. The molecule has 0 radical (unpaired) electrons. The van der Waals surface area contributed by atoms with Crippen LogP contribution in [0.2, 0.25) is 0 Å². The van der Waals surface area contributed by atoms with Gasteiger partial charge in [0.2, 0.25) is 0 Å². The molecule has 3 aromatic rings. The summed E-state index contributed by atoms with van der Waals surface area (Å²) in [5, 5.41) is 2.30. The summed E-state index contributed by atoms with van der Waals surface area (Å²) < 4.78 is 0. The van der Waals surface area contributed by atoms with Gasteiger partial charge < -0.3 is 0 Å². The number of pyridine rings is 2. The molecule has 2 heterocycles. The molecule has 90 valence electrons. The maximum absolute atomic E-state index is 4.61. The van der Waals surface area contributed by atoms with Crippen LogP contribution in [0.15, 0.2) is 42.7 Å². The molecule has 0 saturated heterocycles. The Labute approximate surface area is 107 Å². The molecule has 0 spiro atoms. The molecular formula is C16H16N2. The van der Waals surface area contributed by atoms with Crippen LogP contribution in [0.1, 0.15) is 26.3 Å². The zero-order valence-corrected chi connectivity index (χ0v) is 10.9. The maximum atomic E-state index is 4.61. The van der Waals surface area contributed by atoms with Crippen molar-refractivity contribution in [3.63, 3.8) is 0 Å². The van der Waals surface area contributed by atoms with E-state index in [9.17, 15) is 0 Å². The van der Waals surface area contributed by atoms with E-state index in [2.05, 4.69) is 55.0 Å². The van der Waals surface area contributed by atoms with E-state index in [-0.39, 0.29) is 5.41 Å². The summed E-state index contributed by atoms with van der Waals surface area (Å²) in [6, 6.07) is 10.5. The lowest BCUT2D eigenvalue weighted by atomic mass is 9.87. The fourth-order valence-electron chi connectivity index (χ4n) is 2.15. The number of aromatic nitrogens is 2. The van der Waals surface area contributed by atoms with Crippen molar-refractivity contribution in [3.05, 3.63) is 48.3 Å². The third-order valence-corrected chi connectivity index (χ3v) is 3.29. The lowest BCUT2D eigenvalue weighted by Gasteiger charge is -2.18. The maximum Gasteiger partial charge on any atom is 0.0964 e. The Morgan fingerprint density at radius 3 is 2.39 bits per heavy atom. The summed E-state index contributed by atoms with van der Waals surface area (Å²) >= 11 is 0. The fourth-order valence-corrected chi connectivity index (χ4v) is 2.15. The summed E-state index contributed by atoms with van der Waals surface area (Å²) in [4.78, 5) is 9.05. The average Bonchev–Trinajstić information content (AvgIpc) is 2.37. The van der Waals surface area contributed by atoms with Crippen molar-refractivity contribution in [3.8, 4) is 0 Å². The first-order valence-electron chi connectivity index (χ1n) is 6.20. The van der Waals surface area contributed by atoms with Crippen LogP contribution >= 0.6 is 0 Å². The molecule has 0 aliphatic heterocycles. The summed E-state index contributed by atoms with van der Waals surface area (Å²) in [6.45, 7) is 6.61. The number of nitrogens with zero attached hydrogens (tertiary/aromatic N) is 2. The van der Waals surface area contributed by atoms with E-state index >= 15 is 0 Å². The monoisotopic (exact) mass is 236 g/mol. The summed E-state index contributed by atoms with van der Waals surface area (Å²) in [5.41, 5.74) is 3.35. The molecule has 0 aliphatic carbocycles. The van der Waals surface area contributed by atoms with E-state index in [4.69, 9.17) is 0 Å². The van der Waals surface area contributed by atoms with Crippen molar-refractivity contribution in [1.82, 2.24) is 9.97 Å². The van der Waals surface area contributed by atoms with Gasteiger partial charge in [0.1, 0.15) is 0 Å². The number of rotatable bonds is 0. The van der Waals surface area contributed by atoms with Gasteiger partial charge in [-0.3, -0.25) is 9.97 Å². The Balaban J connectivity index is 2.35. The van der Waals surface area contributed by atoms with Crippen molar-refractivity contribution < 1.29 is 0 Å². The van der Waals surface area contributed by atoms with Gasteiger partial charge in [-0.15, -0.1) is 0 Å². The minimum atomic E-state index is 0.125. The number of fused-ring (bicyclic) bond motifs is 3. The summed E-state index contributed by atoms with van der Waals surface area (Å²) in [7, 11) is 0. The summed E-state index contributed by atoms with van der Waals surface area (Å²) in [5.74, 6) is 0. The van der Waals surface area contributed by atoms with Gasteiger partial charge in [-0.2, -0.15) is 0 Å². The molecular weight excluding hydrogens is 220 g/mol. The fraction of sp³-hybridized carbons (Fsp3) is 0.250. The molecule has 0 saturated carbocycles. The van der Waals surface area contributed by atoms with Crippen molar-refractivity contribution in [1.29, 1.82) is 0 Å². The zero-order valence-electron chi connectivity index (χ0n) is 10.9. The molecule has 0 unspecified atom stereocenters. The summed E-state index contributed by atoms with van der Waals surface area (Å²) in [6.07, 6.45) is 3.79. The van der Waals surface area contributed by atoms with E-state index in [0.29, 0.717) is 0 Å². The third kappa shape index (κ3) is 1.74. The van der Waals surface area contributed by atoms with Crippen LogP contribution in [0, 0.1) is 0 Å². The molecule has 0 fully saturated rings. The van der Waals surface area contributed by atoms with Crippen LogP contribution in [0.3, 0.4) is 0 Å². The largest absolute Gasteiger partial charge is 0.254 e. The second kappa shape index (κ2) is 3.77. The molecule has 0 bridgehead atoms. The molecule has 0 N–H and O–H groups in total. The second-order valence-electron chi connectivity index (χ2n) is 5.69. The minimum absolute atomic E-state index is 0.125. The lowest BCUT2D eigenvalue weighted by Crippen LogP contribution is -2.11. The predicted molar refractivity (Wildman–Crippen MR) is 75.7 cm³/mol. The van der Waals surface area contributed by atoms with Gasteiger partial charge in [-0.25, -0.2) is 0 Å². The second-order valence-corrected chi connectivity index (χ2v) is 5.69. The zero-order chi connectivity index (χ0) is 12.8. The van der Waals surface area contributed by atoms with Crippen molar-refractivity contribution in [2.24, 2.45) is 0 Å². The van der Waals surface area contributed by atoms with E-state index in [0.717, 1.165) is 21.8 Å². The molecule has 2 aromatic heterocycles. The molecule has 3 rings (SSSR count). The van der Waals surface area contributed by atoms with Gasteiger partial charge in [0.25, 0.3) is 0 Å². The van der Waals surface area contributed by atoms with E-state index in [1.54, 1.807) is 0 Å². The Kier molecular flexibility index (Phi) is 2.34. The quantitative estimate of drug-likeness (QED) is 0.550.